The second-order valence-electron chi connectivity index (χ2n) is 5.58. The molecular weight excluding hydrogens is 290 g/mol. The van der Waals surface area contributed by atoms with Gasteiger partial charge in [-0.1, -0.05) is 12.1 Å². The molecule has 1 aromatic heterocycles. The van der Waals surface area contributed by atoms with Crippen molar-refractivity contribution in [1.82, 2.24) is 4.98 Å². The smallest absolute Gasteiger partial charge is 0.259 e. The molecule has 1 N–H and O–H groups in total. The largest absolute Gasteiger partial charge is 0.495 e. The van der Waals surface area contributed by atoms with Gasteiger partial charge in [-0.05, 0) is 43.5 Å². The maximum atomic E-state index is 12.7. The summed E-state index contributed by atoms with van der Waals surface area (Å²) in [6.07, 6.45) is 5.27. The lowest BCUT2D eigenvalue weighted by molar-refractivity contribution is 0.102. The van der Waals surface area contributed by atoms with Crippen LogP contribution in [0.2, 0.25) is 0 Å². The molecule has 0 radical (unpaired) electrons. The normalized spacial score (nSPS) is 14.4. The van der Waals surface area contributed by atoms with Crippen LogP contribution in [0.15, 0.2) is 42.6 Å². The first-order valence-electron chi connectivity index (χ1n) is 7.94. The summed E-state index contributed by atoms with van der Waals surface area (Å²) < 4.78 is 5.29. The van der Waals surface area contributed by atoms with Gasteiger partial charge in [-0.25, -0.2) is 4.98 Å². The molecular formula is C18H21N3O2. The average Bonchev–Trinajstić information content (AvgIpc) is 2.63. The van der Waals surface area contributed by atoms with Crippen LogP contribution in [-0.2, 0) is 0 Å². The van der Waals surface area contributed by atoms with E-state index in [0.717, 1.165) is 31.7 Å². The van der Waals surface area contributed by atoms with Crippen molar-refractivity contribution in [2.75, 3.05) is 30.4 Å². The number of methoxy groups -OCH3 is 1. The number of anilines is 2. The lowest BCUT2D eigenvalue weighted by Gasteiger charge is -2.29. The summed E-state index contributed by atoms with van der Waals surface area (Å²) in [6.45, 7) is 1.90. The van der Waals surface area contributed by atoms with Crippen molar-refractivity contribution in [2.24, 2.45) is 0 Å². The monoisotopic (exact) mass is 311 g/mol. The number of carbonyl (C=O) groups excluding carboxylic acids is 1. The van der Waals surface area contributed by atoms with Crippen molar-refractivity contribution in [3.05, 3.63) is 48.2 Å². The highest BCUT2D eigenvalue weighted by atomic mass is 16.5. The van der Waals surface area contributed by atoms with Gasteiger partial charge >= 0.3 is 0 Å². The van der Waals surface area contributed by atoms with Crippen LogP contribution in [0, 0.1) is 0 Å². The Morgan fingerprint density at radius 1 is 1.13 bits per heavy atom. The molecule has 0 spiro atoms. The SMILES string of the molecule is COc1ccccc1NC(=O)c1cccnc1N1CCCCC1. The zero-order valence-corrected chi connectivity index (χ0v) is 13.3. The quantitative estimate of drug-likeness (QED) is 0.941. The van der Waals surface area contributed by atoms with E-state index in [0.29, 0.717) is 17.0 Å². The minimum Gasteiger partial charge on any atom is -0.495 e. The van der Waals surface area contributed by atoms with Gasteiger partial charge in [-0.3, -0.25) is 4.79 Å². The van der Waals surface area contributed by atoms with E-state index in [2.05, 4.69) is 15.2 Å². The lowest BCUT2D eigenvalue weighted by atomic mass is 10.1. The summed E-state index contributed by atoms with van der Waals surface area (Å²) >= 11 is 0. The van der Waals surface area contributed by atoms with Crippen LogP contribution >= 0.6 is 0 Å². The predicted molar refractivity (Wildman–Crippen MR) is 91.2 cm³/mol. The second-order valence-corrected chi connectivity index (χ2v) is 5.58. The predicted octanol–water partition coefficient (Wildman–Crippen LogP) is 3.33. The molecule has 2 heterocycles. The summed E-state index contributed by atoms with van der Waals surface area (Å²) in [6, 6.07) is 11.0. The molecule has 2 aromatic rings. The number of aromatic nitrogens is 1. The van der Waals surface area contributed by atoms with Gasteiger partial charge in [0.2, 0.25) is 0 Å². The van der Waals surface area contributed by atoms with Crippen LogP contribution in [0.25, 0.3) is 0 Å². The molecule has 0 atom stereocenters. The Balaban J connectivity index is 1.85. The third-order valence-electron chi connectivity index (χ3n) is 4.04. The van der Waals surface area contributed by atoms with Crippen LogP contribution in [0.4, 0.5) is 11.5 Å². The molecule has 0 saturated carbocycles. The van der Waals surface area contributed by atoms with Gasteiger partial charge in [0, 0.05) is 19.3 Å². The number of hydrogen-bond donors (Lipinski definition) is 1. The van der Waals surface area contributed by atoms with Crippen molar-refractivity contribution in [3.8, 4) is 5.75 Å². The maximum absolute atomic E-state index is 12.7. The molecule has 5 heteroatoms. The van der Waals surface area contributed by atoms with Crippen LogP contribution < -0.4 is 15.0 Å². The molecule has 120 valence electrons. The van der Waals surface area contributed by atoms with Crippen molar-refractivity contribution in [2.45, 2.75) is 19.3 Å². The number of rotatable bonds is 4. The van der Waals surface area contributed by atoms with E-state index >= 15 is 0 Å². The van der Waals surface area contributed by atoms with E-state index in [1.54, 1.807) is 19.4 Å². The van der Waals surface area contributed by atoms with Crippen LogP contribution in [0.5, 0.6) is 5.75 Å². The highest BCUT2D eigenvalue weighted by Crippen LogP contribution is 2.26. The summed E-state index contributed by atoms with van der Waals surface area (Å²) in [4.78, 5) is 19.3. The first-order valence-corrected chi connectivity index (χ1v) is 7.94. The molecule has 23 heavy (non-hydrogen) atoms. The number of para-hydroxylation sites is 2. The first kappa shape index (κ1) is 15.3. The van der Waals surface area contributed by atoms with E-state index in [9.17, 15) is 4.79 Å². The molecule has 1 saturated heterocycles. The zero-order chi connectivity index (χ0) is 16.1. The molecule has 5 nitrogen and oxygen atoms in total. The third kappa shape index (κ3) is 3.44. The standard InChI is InChI=1S/C18H21N3O2/c1-23-16-10-4-3-9-15(16)20-18(22)14-8-7-11-19-17(14)21-12-5-2-6-13-21/h3-4,7-11H,2,5-6,12-13H2,1H3,(H,20,22). The van der Waals surface area contributed by atoms with Gasteiger partial charge < -0.3 is 15.0 Å². The Hall–Kier alpha value is -2.56. The Morgan fingerprint density at radius 3 is 2.70 bits per heavy atom. The zero-order valence-electron chi connectivity index (χ0n) is 13.3. The number of benzene rings is 1. The Morgan fingerprint density at radius 2 is 1.91 bits per heavy atom. The van der Waals surface area contributed by atoms with Gasteiger partial charge in [-0.2, -0.15) is 0 Å². The highest BCUT2D eigenvalue weighted by molar-refractivity contribution is 6.08. The molecule has 1 aliphatic rings. The molecule has 1 aromatic carbocycles. The average molecular weight is 311 g/mol. The fourth-order valence-corrected chi connectivity index (χ4v) is 2.87. The number of ether oxygens (including phenoxy) is 1. The maximum Gasteiger partial charge on any atom is 0.259 e. The summed E-state index contributed by atoms with van der Waals surface area (Å²) in [7, 11) is 1.59. The topological polar surface area (TPSA) is 54.5 Å². The van der Waals surface area contributed by atoms with Crippen molar-refractivity contribution in [3.63, 3.8) is 0 Å². The number of piperidine rings is 1. The van der Waals surface area contributed by atoms with Crippen LogP contribution in [0.3, 0.4) is 0 Å². The van der Waals surface area contributed by atoms with Crippen molar-refractivity contribution in [1.29, 1.82) is 0 Å². The van der Waals surface area contributed by atoms with Crippen LogP contribution in [-0.4, -0.2) is 31.1 Å². The van der Waals surface area contributed by atoms with E-state index in [1.807, 2.05) is 30.3 Å². The fourth-order valence-electron chi connectivity index (χ4n) is 2.87. The molecule has 1 fully saturated rings. The second kappa shape index (κ2) is 7.13. The van der Waals surface area contributed by atoms with Gasteiger partial charge in [0.15, 0.2) is 0 Å². The van der Waals surface area contributed by atoms with Gasteiger partial charge in [-0.15, -0.1) is 0 Å². The fraction of sp³-hybridized carbons (Fsp3) is 0.333. The van der Waals surface area contributed by atoms with Gasteiger partial charge in [0.1, 0.15) is 11.6 Å². The van der Waals surface area contributed by atoms with Crippen molar-refractivity contribution >= 4 is 17.4 Å². The number of hydrogen-bond acceptors (Lipinski definition) is 4. The minimum atomic E-state index is -0.164. The first-order chi connectivity index (χ1) is 11.3. The number of amides is 1. The summed E-state index contributed by atoms with van der Waals surface area (Å²) in [5.41, 5.74) is 1.26. The Bertz CT molecular complexity index is 681. The summed E-state index contributed by atoms with van der Waals surface area (Å²) in [5, 5.41) is 2.93. The van der Waals surface area contributed by atoms with E-state index in [4.69, 9.17) is 4.74 Å². The number of pyridine rings is 1. The number of carbonyl (C=O) groups is 1. The summed E-state index contributed by atoms with van der Waals surface area (Å²) in [5.74, 6) is 1.24. The van der Waals surface area contributed by atoms with Crippen LogP contribution in [0.1, 0.15) is 29.6 Å². The lowest BCUT2D eigenvalue weighted by Crippen LogP contribution is -2.32. The molecule has 0 aliphatic carbocycles. The van der Waals surface area contributed by atoms with Gasteiger partial charge in [0.05, 0.1) is 18.4 Å². The third-order valence-corrected chi connectivity index (χ3v) is 4.04. The Kier molecular flexibility index (Phi) is 4.76. The molecule has 0 bridgehead atoms. The van der Waals surface area contributed by atoms with Gasteiger partial charge in [0.25, 0.3) is 5.91 Å². The number of nitrogens with one attached hydrogen (secondary N) is 1. The van der Waals surface area contributed by atoms with E-state index in [1.165, 1.54) is 6.42 Å². The molecule has 1 amide bonds. The molecule has 1 aliphatic heterocycles. The minimum absolute atomic E-state index is 0.164. The number of nitrogens with zero attached hydrogens (tertiary/aromatic N) is 2. The van der Waals surface area contributed by atoms with E-state index in [-0.39, 0.29) is 5.91 Å². The molecule has 3 rings (SSSR count). The molecule has 0 unspecified atom stereocenters. The van der Waals surface area contributed by atoms with Crippen molar-refractivity contribution < 1.29 is 9.53 Å². The van der Waals surface area contributed by atoms with E-state index < -0.39 is 0 Å². The highest BCUT2D eigenvalue weighted by Gasteiger charge is 2.20. The Labute approximate surface area is 136 Å².